The van der Waals surface area contributed by atoms with E-state index in [-0.39, 0.29) is 17.7 Å². The number of likely N-dealkylation sites (N-methyl/N-ethyl adjacent to an activating group) is 1. The highest BCUT2D eigenvalue weighted by Gasteiger charge is 2.27. The molecule has 0 aromatic heterocycles. The highest BCUT2D eigenvalue weighted by Crippen LogP contribution is 2.19. The average Bonchev–Trinajstić information content (AvgIpc) is 2.59. The summed E-state index contributed by atoms with van der Waals surface area (Å²) >= 11 is 0. The van der Waals surface area contributed by atoms with E-state index in [1.807, 2.05) is 42.2 Å². The molecular formula is C17H25N3O2. The van der Waals surface area contributed by atoms with Crippen LogP contribution in [0.4, 0.5) is 0 Å². The van der Waals surface area contributed by atoms with Gasteiger partial charge in [-0.15, -0.1) is 0 Å². The van der Waals surface area contributed by atoms with Gasteiger partial charge in [-0.2, -0.15) is 0 Å². The molecule has 0 unspecified atom stereocenters. The summed E-state index contributed by atoms with van der Waals surface area (Å²) in [5.41, 5.74) is 0.719. The van der Waals surface area contributed by atoms with E-state index < -0.39 is 0 Å². The largest absolute Gasteiger partial charge is 0.355 e. The second-order valence-corrected chi connectivity index (χ2v) is 5.58. The fraction of sp³-hybridized carbons (Fsp3) is 0.529. The van der Waals surface area contributed by atoms with E-state index in [9.17, 15) is 9.59 Å². The van der Waals surface area contributed by atoms with Gasteiger partial charge in [0.15, 0.2) is 0 Å². The molecule has 1 heterocycles. The molecule has 2 amide bonds. The van der Waals surface area contributed by atoms with Crippen LogP contribution in [0.25, 0.3) is 0 Å². The molecular weight excluding hydrogens is 278 g/mol. The molecule has 1 aliphatic heterocycles. The van der Waals surface area contributed by atoms with E-state index in [0.29, 0.717) is 19.6 Å². The van der Waals surface area contributed by atoms with Gasteiger partial charge in [0.05, 0.1) is 0 Å². The Morgan fingerprint density at radius 1 is 1.14 bits per heavy atom. The lowest BCUT2D eigenvalue weighted by atomic mass is 9.95. The molecule has 22 heavy (non-hydrogen) atoms. The Balaban J connectivity index is 1.75. The summed E-state index contributed by atoms with van der Waals surface area (Å²) in [7, 11) is 0. The van der Waals surface area contributed by atoms with Crippen LogP contribution in [0.15, 0.2) is 30.3 Å². The van der Waals surface area contributed by atoms with Crippen LogP contribution in [0.3, 0.4) is 0 Å². The number of carbonyl (C=O) groups excluding carboxylic acids is 2. The van der Waals surface area contributed by atoms with Crippen LogP contribution < -0.4 is 10.6 Å². The van der Waals surface area contributed by atoms with Crippen LogP contribution in [0.1, 0.15) is 30.1 Å². The van der Waals surface area contributed by atoms with Crippen LogP contribution in [-0.4, -0.2) is 49.4 Å². The molecule has 0 radical (unpaired) electrons. The third kappa shape index (κ3) is 4.56. The van der Waals surface area contributed by atoms with Gasteiger partial charge in [-0.1, -0.05) is 25.1 Å². The molecule has 0 saturated carbocycles. The van der Waals surface area contributed by atoms with Gasteiger partial charge in [0, 0.05) is 37.7 Å². The first-order valence-electron chi connectivity index (χ1n) is 8.05. The van der Waals surface area contributed by atoms with Gasteiger partial charge in [-0.25, -0.2) is 0 Å². The van der Waals surface area contributed by atoms with Gasteiger partial charge in [0.2, 0.25) is 5.91 Å². The number of hydrogen-bond acceptors (Lipinski definition) is 3. The topological polar surface area (TPSA) is 61.4 Å². The van der Waals surface area contributed by atoms with Gasteiger partial charge in [0.25, 0.3) is 5.91 Å². The number of carbonyl (C=O) groups is 2. The molecule has 1 saturated heterocycles. The van der Waals surface area contributed by atoms with Crippen LogP contribution in [0.5, 0.6) is 0 Å². The Bertz CT molecular complexity index is 482. The Hall–Kier alpha value is -1.88. The number of nitrogens with zero attached hydrogens (tertiary/aromatic N) is 1. The second-order valence-electron chi connectivity index (χ2n) is 5.58. The third-order valence-electron chi connectivity index (χ3n) is 4.02. The first-order valence-corrected chi connectivity index (χ1v) is 8.05. The SMILES string of the molecule is CCNCCNC(=O)C1CCN(C(=O)c2ccccc2)CC1. The van der Waals surface area contributed by atoms with Crippen molar-refractivity contribution in [3.63, 3.8) is 0 Å². The lowest BCUT2D eigenvalue weighted by molar-refractivity contribution is -0.126. The molecule has 0 spiro atoms. The molecule has 1 aromatic rings. The van der Waals surface area contributed by atoms with Crippen LogP contribution >= 0.6 is 0 Å². The molecule has 120 valence electrons. The first-order chi connectivity index (χ1) is 10.7. The molecule has 5 nitrogen and oxygen atoms in total. The maximum atomic E-state index is 12.3. The van der Waals surface area contributed by atoms with E-state index in [1.165, 1.54) is 0 Å². The molecule has 2 rings (SSSR count). The number of amides is 2. The van der Waals surface area contributed by atoms with Gasteiger partial charge in [0.1, 0.15) is 0 Å². The summed E-state index contributed by atoms with van der Waals surface area (Å²) in [6.45, 7) is 5.72. The van der Waals surface area contributed by atoms with E-state index >= 15 is 0 Å². The molecule has 2 N–H and O–H groups in total. The molecule has 1 aliphatic rings. The summed E-state index contributed by atoms with van der Waals surface area (Å²) in [5.74, 6) is 0.206. The summed E-state index contributed by atoms with van der Waals surface area (Å²) in [6.07, 6.45) is 1.48. The second kappa shape index (κ2) is 8.54. The van der Waals surface area contributed by atoms with Crippen molar-refractivity contribution in [1.82, 2.24) is 15.5 Å². The summed E-state index contributed by atoms with van der Waals surface area (Å²) in [6, 6.07) is 9.32. The van der Waals surface area contributed by atoms with Crippen molar-refractivity contribution in [2.75, 3.05) is 32.7 Å². The van der Waals surface area contributed by atoms with Crippen molar-refractivity contribution in [3.8, 4) is 0 Å². The van der Waals surface area contributed by atoms with Crippen LogP contribution in [0, 0.1) is 5.92 Å². The zero-order valence-corrected chi connectivity index (χ0v) is 13.2. The molecule has 1 aromatic carbocycles. The summed E-state index contributed by atoms with van der Waals surface area (Å²) in [5, 5.41) is 6.14. The minimum Gasteiger partial charge on any atom is -0.355 e. The number of piperidine rings is 1. The molecule has 0 atom stereocenters. The number of rotatable bonds is 6. The Labute approximate surface area is 132 Å². The first kappa shape index (κ1) is 16.5. The monoisotopic (exact) mass is 303 g/mol. The minimum absolute atomic E-state index is 0.0291. The lowest BCUT2D eigenvalue weighted by Crippen LogP contribution is -2.44. The van der Waals surface area contributed by atoms with E-state index in [0.717, 1.165) is 31.5 Å². The van der Waals surface area contributed by atoms with Gasteiger partial charge >= 0.3 is 0 Å². The van der Waals surface area contributed by atoms with Crippen molar-refractivity contribution in [2.45, 2.75) is 19.8 Å². The van der Waals surface area contributed by atoms with Gasteiger partial charge in [-0.3, -0.25) is 9.59 Å². The average molecular weight is 303 g/mol. The predicted octanol–water partition coefficient (Wildman–Crippen LogP) is 1.26. The Kier molecular flexibility index (Phi) is 6.40. The maximum absolute atomic E-state index is 12.3. The number of benzene rings is 1. The third-order valence-corrected chi connectivity index (χ3v) is 4.02. The molecule has 1 fully saturated rings. The van der Waals surface area contributed by atoms with Gasteiger partial charge in [-0.05, 0) is 31.5 Å². The Morgan fingerprint density at radius 2 is 1.82 bits per heavy atom. The molecule has 0 aliphatic carbocycles. The van der Waals surface area contributed by atoms with Crippen LogP contribution in [-0.2, 0) is 4.79 Å². The normalized spacial score (nSPS) is 15.6. The number of hydrogen-bond donors (Lipinski definition) is 2. The van der Waals surface area contributed by atoms with E-state index in [4.69, 9.17) is 0 Å². The minimum atomic E-state index is 0.0291. The van der Waals surface area contributed by atoms with Crippen molar-refractivity contribution in [2.24, 2.45) is 5.92 Å². The maximum Gasteiger partial charge on any atom is 0.253 e. The predicted molar refractivity (Wildman–Crippen MR) is 86.6 cm³/mol. The van der Waals surface area contributed by atoms with E-state index in [1.54, 1.807) is 0 Å². The Morgan fingerprint density at radius 3 is 2.45 bits per heavy atom. The van der Waals surface area contributed by atoms with Crippen LogP contribution in [0.2, 0.25) is 0 Å². The van der Waals surface area contributed by atoms with Crippen molar-refractivity contribution < 1.29 is 9.59 Å². The zero-order chi connectivity index (χ0) is 15.8. The summed E-state index contributed by atoms with van der Waals surface area (Å²) < 4.78 is 0. The zero-order valence-electron chi connectivity index (χ0n) is 13.2. The highest BCUT2D eigenvalue weighted by atomic mass is 16.2. The number of nitrogens with one attached hydrogen (secondary N) is 2. The quantitative estimate of drug-likeness (QED) is 0.778. The molecule has 0 bridgehead atoms. The van der Waals surface area contributed by atoms with E-state index in [2.05, 4.69) is 10.6 Å². The standard InChI is InChI=1S/C17H25N3O2/c1-2-18-10-11-19-16(21)14-8-12-20(13-9-14)17(22)15-6-4-3-5-7-15/h3-7,14,18H,2,8-13H2,1H3,(H,19,21). The molecule has 5 heteroatoms. The van der Waals surface area contributed by atoms with Crippen molar-refractivity contribution in [3.05, 3.63) is 35.9 Å². The lowest BCUT2D eigenvalue weighted by Gasteiger charge is -2.31. The van der Waals surface area contributed by atoms with Crippen molar-refractivity contribution >= 4 is 11.8 Å². The fourth-order valence-corrected chi connectivity index (χ4v) is 2.70. The smallest absolute Gasteiger partial charge is 0.253 e. The summed E-state index contributed by atoms with van der Waals surface area (Å²) in [4.78, 5) is 26.2. The van der Waals surface area contributed by atoms with Gasteiger partial charge < -0.3 is 15.5 Å². The van der Waals surface area contributed by atoms with Crippen molar-refractivity contribution in [1.29, 1.82) is 0 Å². The highest BCUT2D eigenvalue weighted by molar-refractivity contribution is 5.94. The number of likely N-dealkylation sites (tertiary alicyclic amines) is 1. The fourth-order valence-electron chi connectivity index (χ4n) is 2.70.